The van der Waals surface area contributed by atoms with Gasteiger partial charge >= 0.3 is 0 Å². The Hall–Kier alpha value is -6.65. The summed E-state index contributed by atoms with van der Waals surface area (Å²) < 4.78 is 6.43. The zero-order valence-corrected chi connectivity index (χ0v) is 27.8. The molecule has 0 bridgehead atoms. The van der Waals surface area contributed by atoms with Crippen molar-refractivity contribution in [3.63, 3.8) is 0 Å². The van der Waals surface area contributed by atoms with Gasteiger partial charge in [0.05, 0.1) is 0 Å². The Labute approximate surface area is 295 Å². The number of hydrogen-bond acceptors (Lipinski definition) is 4. The molecular formula is C47H31N3O. The van der Waals surface area contributed by atoms with Crippen LogP contribution in [0, 0.1) is 0 Å². The second-order valence-electron chi connectivity index (χ2n) is 13.1. The van der Waals surface area contributed by atoms with Gasteiger partial charge < -0.3 is 4.42 Å². The fourth-order valence-corrected chi connectivity index (χ4v) is 7.44. The van der Waals surface area contributed by atoms with Crippen molar-refractivity contribution in [2.75, 3.05) is 0 Å². The maximum absolute atomic E-state index is 6.43. The lowest BCUT2D eigenvalue weighted by Gasteiger charge is -2.15. The Morgan fingerprint density at radius 3 is 2.00 bits per heavy atom. The predicted octanol–water partition coefficient (Wildman–Crippen LogP) is 12.5. The Bertz CT molecular complexity index is 2850. The van der Waals surface area contributed by atoms with E-state index < -0.39 is 0 Å². The summed E-state index contributed by atoms with van der Waals surface area (Å²) >= 11 is 0. The lowest BCUT2D eigenvalue weighted by Crippen LogP contribution is -2.04. The van der Waals surface area contributed by atoms with Crippen molar-refractivity contribution in [2.45, 2.75) is 12.8 Å². The highest BCUT2D eigenvalue weighted by Gasteiger charge is 2.22. The van der Waals surface area contributed by atoms with Crippen LogP contribution >= 0.6 is 0 Å². The molecule has 4 nitrogen and oxygen atoms in total. The molecule has 0 amide bonds. The maximum atomic E-state index is 6.43. The summed E-state index contributed by atoms with van der Waals surface area (Å²) in [6.45, 7) is 0. The molecule has 0 unspecified atom stereocenters. The van der Waals surface area contributed by atoms with E-state index in [2.05, 4.69) is 146 Å². The van der Waals surface area contributed by atoms with Crippen LogP contribution in [0.2, 0.25) is 0 Å². The lowest BCUT2D eigenvalue weighted by molar-refractivity contribution is 0.669. The molecule has 9 aromatic rings. The van der Waals surface area contributed by atoms with Crippen molar-refractivity contribution in [1.29, 1.82) is 0 Å². The summed E-state index contributed by atoms with van der Waals surface area (Å²) in [5.74, 6) is 1.92. The molecule has 240 valence electrons. The number of furan rings is 1. The molecule has 0 N–H and O–H groups in total. The van der Waals surface area contributed by atoms with E-state index in [9.17, 15) is 0 Å². The third-order valence-corrected chi connectivity index (χ3v) is 9.96. The maximum Gasteiger partial charge on any atom is 0.165 e. The first-order valence-electron chi connectivity index (χ1n) is 17.4. The van der Waals surface area contributed by atoms with Gasteiger partial charge in [-0.25, -0.2) is 15.0 Å². The third-order valence-electron chi connectivity index (χ3n) is 9.96. The minimum Gasteiger partial charge on any atom is -0.456 e. The van der Waals surface area contributed by atoms with Crippen LogP contribution in [0.3, 0.4) is 0 Å². The van der Waals surface area contributed by atoms with Crippen molar-refractivity contribution in [2.24, 2.45) is 0 Å². The van der Waals surface area contributed by atoms with E-state index in [1.54, 1.807) is 0 Å². The van der Waals surface area contributed by atoms with Gasteiger partial charge in [0.1, 0.15) is 11.2 Å². The monoisotopic (exact) mass is 653 g/mol. The van der Waals surface area contributed by atoms with Crippen LogP contribution in [0.15, 0.2) is 168 Å². The Morgan fingerprint density at radius 1 is 0.451 bits per heavy atom. The zero-order valence-electron chi connectivity index (χ0n) is 27.8. The number of hydrogen-bond donors (Lipinski definition) is 0. The molecule has 0 saturated heterocycles. The first-order valence-corrected chi connectivity index (χ1v) is 17.4. The average molecular weight is 654 g/mol. The minimum atomic E-state index is 0.618. The molecule has 0 atom stereocenters. The Kier molecular flexibility index (Phi) is 6.91. The minimum absolute atomic E-state index is 0.618. The smallest absolute Gasteiger partial charge is 0.165 e. The number of benzene rings is 7. The van der Waals surface area contributed by atoms with Gasteiger partial charge in [-0.15, -0.1) is 0 Å². The molecule has 0 radical (unpaired) electrons. The molecule has 0 fully saturated rings. The molecule has 10 rings (SSSR count). The van der Waals surface area contributed by atoms with Crippen LogP contribution in [0.25, 0.3) is 94.1 Å². The SMILES string of the molecule is C1=CC(c2nc(-c3ccc4c(ccc5ccccc54)c3)nc(-c3c(-c4ccc(-c5ccccc5)cc4)ccc4oc5ccccc5c34)n2)=CCC1. The summed E-state index contributed by atoms with van der Waals surface area (Å²) in [5.41, 5.74) is 8.99. The number of nitrogens with zero attached hydrogens (tertiary/aromatic N) is 3. The van der Waals surface area contributed by atoms with E-state index in [0.717, 1.165) is 68.0 Å². The largest absolute Gasteiger partial charge is 0.456 e. The number of aromatic nitrogens is 3. The van der Waals surface area contributed by atoms with Crippen LogP contribution < -0.4 is 0 Å². The van der Waals surface area contributed by atoms with Gasteiger partial charge in [0.2, 0.25) is 0 Å². The first kappa shape index (κ1) is 29.3. The molecule has 51 heavy (non-hydrogen) atoms. The first-order chi connectivity index (χ1) is 25.3. The molecule has 0 aliphatic heterocycles. The third kappa shape index (κ3) is 5.12. The van der Waals surface area contributed by atoms with Crippen molar-refractivity contribution < 1.29 is 4.42 Å². The fraction of sp³-hybridized carbons (Fsp3) is 0.0426. The van der Waals surface area contributed by atoms with Gasteiger partial charge in [0.25, 0.3) is 0 Å². The van der Waals surface area contributed by atoms with Crippen LogP contribution in [0.1, 0.15) is 18.7 Å². The van der Waals surface area contributed by atoms with Gasteiger partial charge in [0, 0.05) is 27.5 Å². The molecule has 0 spiro atoms. The van der Waals surface area contributed by atoms with Crippen LogP contribution in [0.5, 0.6) is 0 Å². The average Bonchev–Trinajstić information content (AvgIpc) is 3.59. The Balaban J connectivity index is 1.22. The highest BCUT2D eigenvalue weighted by molar-refractivity contribution is 6.15. The topological polar surface area (TPSA) is 51.8 Å². The van der Waals surface area contributed by atoms with E-state index in [0.29, 0.717) is 17.5 Å². The van der Waals surface area contributed by atoms with E-state index >= 15 is 0 Å². The van der Waals surface area contributed by atoms with Gasteiger partial charge in [-0.1, -0.05) is 140 Å². The summed E-state index contributed by atoms with van der Waals surface area (Å²) in [7, 11) is 0. The van der Waals surface area contributed by atoms with Crippen molar-refractivity contribution in [3.05, 3.63) is 170 Å². The van der Waals surface area contributed by atoms with Crippen LogP contribution in [0.4, 0.5) is 0 Å². The van der Waals surface area contributed by atoms with Crippen molar-refractivity contribution >= 4 is 49.1 Å². The zero-order chi connectivity index (χ0) is 33.7. The number of para-hydroxylation sites is 1. The highest BCUT2D eigenvalue weighted by Crippen LogP contribution is 2.43. The predicted molar refractivity (Wildman–Crippen MR) is 210 cm³/mol. The molecule has 2 heterocycles. The second kappa shape index (κ2) is 12.0. The molecule has 0 saturated carbocycles. The van der Waals surface area contributed by atoms with E-state index in [1.807, 2.05) is 18.2 Å². The molecule has 4 heteroatoms. The molecule has 1 aliphatic rings. The second-order valence-corrected chi connectivity index (χ2v) is 13.1. The normalized spacial score (nSPS) is 13.0. The summed E-state index contributed by atoms with van der Waals surface area (Å²) in [5, 5.41) is 6.84. The number of allylic oxidation sites excluding steroid dienone is 4. The van der Waals surface area contributed by atoms with Gasteiger partial charge in [0.15, 0.2) is 17.5 Å². The number of fused-ring (bicyclic) bond motifs is 6. The van der Waals surface area contributed by atoms with E-state index in [-0.39, 0.29) is 0 Å². The van der Waals surface area contributed by atoms with Gasteiger partial charge in [-0.2, -0.15) is 0 Å². The molecule has 2 aromatic heterocycles. The molecule has 1 aliphatic carbocycles. The van der Waals surface area contributed by atoms with Gasteiger partial charge in [-0.3, -0.25) is 0 Å². The summed E-state index contributed by atoms with van der Waals surface area (Å²) in [4.78, 5) is 15.7. The van der Waals surface area contributed by atoms with E-state index in [1.165, 1.54) is 27.3 Å². The summed E-state index contributed by atoms with van der Waals surface area (Å²) in [6.07, 6.45) is 8.52. The lowest BCUT2D eigenvalue weighted by atomic mass is 9.93. The molecular weight excluding hydrogens is 623 g/mol. The molecule has 7 aromatic carbocycles. The van der Waals surface area contributed by atoms with Crippen molar-refractivity contribution in [3.8, 4) is 45.0 Å². The Morgan fingerprint density at radius 2 is 1.14 bits per heavy atom. The fourth-order valence-electron chi connectivity index (χ4n) is 7.44. The summed E-state index contributed by atoms with van der Waals surface area (Å²) in [6, 6.07) is 51.1. The van der Waals surface area contributed by atoms with E-state index in [4.69, 9.17) is 19.4 Å². The van der Waals surface area contributed by atoms with Crippen molar-refractivity contribution in [1.82, 2.24) is 15.0 Å². The van der Waals surface area contributed by atoms with Crippen LogP contribution in [-0.4, -0.2) is 15.0 Å². The van der Waals surface area contributed by atoms with Crippen LogP contribution in [-0.2, 0) is 0 Å². The number of rotatable bonds is 5. The quantitative estimate of drug-likeness (QED) is 0.173. The standard InChI is InChI=1S/C47H31N3O/c1-3-11-30(12-4-1)31-19-21-33(22-20-31)39-27-28-42-43(40-17-9-10-18-41(40)51-42)44(39)47-49-45(34-14-5-2-6-15-34)48-46(50-47)36-25-26-38-35(29-36)24-23-32-13-7-8-16-37(32)38/h1,3-5,7-29H,2,6H2. The van der Waals surface area contributed by atoms with Gasteiger partial charge in [-0.05, 0) is 80.9 Å². The highest BCUT2D eigenvalue weighted by atomic mass is 16.3.